The smallest absolute Gasteiger partial charge is 0.337 e. The molecule has 1 aliphatic heterocycles. The van der Waals surface area contributed by atoms with Crippen molar-refractivity contribution in [2.75, 3.05) is 0 Å². The second kappa shape index (κ2) is 11.2. The first-order valence-corrected chi connectivity index (χ1v) is 14.7. The fourth-order valence-electron chi connectivity index (χ4n) is 4.90. The number of allylic oxidation sites excluding steroid dienone is 2. The number of ketones is 1. The summed E-state index contributed by atoms with van der Waals surface area (Å²) < 4.78 is 13.9. The highest BCUT2D eigenvalue weighted by molar-refractivity contribution is 7.07. The summed E-state index contributed by atoms with van der Waals surface area (Å²) in [5, 5.41) is 10.3. The van der Waals surface area contributed by atoms with E-state index in [-0.39, 0.29) is 21.9 Å². The number of furan rings is 2. The summed E-state index contributed by atoms with van der Waals surface area (Å²) in [4.78, 5) is 43.1. The fourth-order valence-corrected chi connectivity index (χ4v) is 6.42. The Bertz CT molecular complexity index is 2190. The minimum absolute atomic E-state index is 0.0534. The number of fused-ring (bicyclic) bond motifs is 1. The van der Waals surface area contributed by atoms with Crippen molar-refractivity contribution in [1.29, 1.82) is 0 Å². The molecule has 4 heterocycles. The van der Waals surface area contributed by atoms with Crippen LogP contribution in [0.3, 0.4) is 0 Å². The molecule has 0 radical (unpaired) electrons. The molecule has 0 saturated heterocycles. The van der Waals surface area contributed by atoms with E-state index >= 15 is 0 Å². The first-order valence-electron chi connectivity index (χ1n) is 12.7. The van der Waals surface area contributed by atoms with Crippen molar-refractivity contribution in [1.82, 2.24) is 4.57 Å². The van der Waals surface area contributed by atoms with E-state index in [0.29, 0.717) is 64.8 Å². The molecule has 0 unspecified atom stereocenters. The van der Waals surface area contributed by atoms with E-state index in [1.54, 1.807) is 61.5 Å². The van der Waals surface area contributed by atoms with Crippen LogP contribution in [0, 0.1) is 0 Å². The van der Waals surface area contributed by atoms with Crippen LogP contribution in [0.15, 0.2) is 90.6 Å². The van der Waals surface area contributed by atoms with Gasteiger partial charge in [-0.25, -0.2) is 9.79 Å². The Kier molecular flexibility index (Phi) is 7.52. The van der Waals surface area contributed by atoms with Crippen LogP contribution in [0.1, 0.15) is 41.8 Å². The molecule has 8 nitrogen and oxygen atoms in total. The number of carboxylic acid groups (broad SMARTS) is 1. The normalized spacial score (nSPS) is 15.0. The van der Waals surface area contributed by atoms with Gasteiger partial charge in [0.25, 0.3) is 5.56 Å². The first-order chi connectivity index (χ1) is 20.5. The predicted octanol–water partition coefficient (Wildman–Crippen LogP) is 7.00. The second-order valence-corrected chi connectivity index (χ2v) is 11.9. The van der Waals surface area contributed by atoms with Crippen LogP contribution in [-0.2, 0) is 4.79 Å². The lowest BCUT2D eigenvalue weighted by molar-refractivity contribution is -0.114. The van der Waals surface area contributed by atoms with Crippen LogP contribution in [0.25, 0.3) is 28.7 Å². The van der Waals surface area contributed by atoms with Gasteiger partial charge in [-0.05, 0) is 74.5 Å². The van der Waals surface area contributed by atoms with E-state index in [0.717, 1.165) is 11.3 Å². The number of hydrogen-bond donors (Lipinski definition) is 1. The minimum atomic E-state index is -1.16. The van der Waals surface area contributed by atoms with Crippen LogP contribution < -0.4 is 14.9 Å². The molecular formula is C31H19Cl3N2O6S. The zero-order valence-corrected chi connectivity index (χ0v) is 25.4. The summed E-state index contributed by atoms with van der Waals surface area (Å²) in [5.74, 6) is 0.236. The monoisotopic (exact) mass is 652 g/mol. The maximum absolute atomic E-state index is 13.8. The molecule has 1 aliphatic rings. The van der Waals surface area contributed by atoms with E-state index in [1.165, 1.54) is 23.6 Å². The van der Waals surface area contributed by atoms with Crippen LogP contribution in [-0.4, -0.2) is 21.4 Å². The number of carbonyl (C=O) groups is 2. The third-order valence-corrected chi connectivity index (χ3v) is 8.93. The Morgan fingerprint density at radius 1 is 0.930 bits per heavy atom. The van der Waals surface area contributed by atoms with Gasteiger partial charge in [0.1, 0.15) is 29.1 Å². The number of carbonyl (C=O) groups excluding carboxylic acids is 1. The highest BCUT2D eigenvalue weighted by Crippen LogP contribution is 2.35. The fraction of sp³-hybridized carbons (Fsp3) is 0.0968. The van der Waals surface area contributed by atoms with Gasteiger partial charge in [-0.2, -0.15) is 0 Å². The van der Waals surface area contributed by atoms with Gasteiger partial charge in [-0.15, -0.1) is 0 Å². The third-order valence-electron chi connectivity index (χ3n) is 6.88. The highest BCUT2D eigenvalue weighted by atomic mass is 35.5. The van der Waals surface area contributed by atoms with Gasteiger partial charge in [0.05, 0.1) is 25.2 Å². The van der Waals surface area contributed by atoms with Crippen LogP contribution >= 0.6 is 46.1 Å². The highest BCUT2D eigenvalue weighted by Gasteiger charge is 2.33. The van der Waals surface area contributed by atoms with Crippen LogP contribution in [0.4, 0.5) is 0 Å². The number of carboxylic acids is 1. The number of nitrogens with zero attached hydrogens (tertiary/aromatic N) is 2. The molecule has 3 aromatic heterocycles. The SMILES string of the molecule is CC(=O)C1=C(C)N=c2s/c(=C/c3ccc(-c4ccc(Cl)c(C(=O)O)c4)o3)c(=O)n2[C@@H]1c1ccc(-c2ccc(Cl)c(Cl)c2)o1. The van der Waals surface area contributed by atoms with Crippen molar-refractivity contribution in [3.05, 3.63) is 124 Å². The Morgan fingerprint density at radius 3 is 2.30 bits per heavy atom. The van der Waals surface area contributed by atoms with Gasteiger partial charge in [0.15, 0.2) is 10.6 Å². The molecule has 0 saturated carbocycles. The molecule has 0 fully saturated rings. The number of rotatable bonds is 6. The van der Waals surface area contributed by atoms with Crippen molar-refractivity contribution in [2.45, 2.75) is 19.9 Å². The molecule has 0 bridgehead atoms. The molecular weight excluding hydrogens is 635 g/mol. The van der Waals surface area contributed by atoms with Gasteiger partial charge in [-0.1, -0.05) is 46.1 Å². The summed E-state index contributed by atoms with van der Waals surface area (Å²) >= 11 is 19.4. The maximum Gasteiger partial charge on any atom is 0.337 e. The average molecular weight is 654 g/mol. The first kappa shape index (κ1) is 28.9. The number of benzene rings is 2. The van der Waals surface area contributed by atoms with E-state index in [1.807, 2.05) is 0 Å². The number of aromatic nitrogens is 1. The van der Waals surface area contributed by atoms with Gasteiger partial charge in [0, 0.05) is 28.5 Å². The van der Waals surface area contributed by atoms with Crippen molar-refractivity contribution < 1.29 is 23.5 Å². The number of halogens is 3. The van der Waals surface area contributed by atoms with Crippen LogP contribution in [0.2, 0.25) is 15.1 Å². The molecule has 6 rings (SSSR count). The Labute approximate surface area is 262 Å². The molecule has 1 N–H and O–H groups in total. The van der Waals surface area contributed by atoms with E-state index in [9.17, 15) is 19.5 Å². The zero-order valence-electron chi connectivity index (χ0n) is 22.4. The van der Waals surface area contributed by atoms with E-state index < -0.39 is 12.0 Å². The predicted molar refractivity (Wildman–Crippen MR) is 165 cm³/mol. The Hall–Kier alpha value is -4.15. The number of aromatic carboxylic acids is 1. The van der Waals surface area contributed by atoms with Crippen LogP contribution in [0.5, 0.6) is 0 Å². The van der Waals surface area contributed by atoms with Gasteiger partial charge in [-0.3, -0.25) is 14.2 Å². The summed E-state index contributed by atoms with van der Waals surface area (Å²) in [6.07, 6.45) is 1.58. The van der Waals surface area contributed by atoms with Crippen molar-refractivity contribution in [3.8, 4) is 22.6 Å². The Morgan fingerprint density at radius 2 is 1.60 bits per heavy atom. The molecule has 216 valence electrons. The average Bonchev–Trinajstić information content (AvgIpc) is 3.70. The van der Waals surface area contributed by atoms with Gasteiger partial charge < -0.3 is 13.9 Å². The molecule has 0 amide bonds. The minimum Gasteiger partial charge on any atom is -0.478 e. The molecule has 0 aliphatic carbocycles. The van der Waals surface area contributed by atoms with E-state index in [2.05, 4.69) is 4.99 Å². The summed E-state index contributed by atoms with van der Waals surface area (Å²) in [5.41, 5.74) is 1.58. The molecule has 12 heteroatoms. The van der Waals surface area contributed by atoms with Gasteiger partial charge >= 0.3 is 5.97 Å². The van der Waals surface area contributed by atoms with E-state index in [4.69, 9.17) is 43.6 Å². The number of hydrogen-bond acceptors (Lipinski definition) is 7. The molecule has 2 aromatic carbocycles. The summed E-state index contributed by atoms with van der Waals surface area (Å²) in [6, 6.07) is 15.6. The lowest BCUT2D eigenvalue weighted by Crippen LogP contribution is -2.39. The number of thiazole rings is 1. The molecule has 0 spiro atoms. The second-order valence-electron chi connectivity index (χ2n) is 9.67. The lowest BCUT2D eigenvalue weighted by Gasteiger charge is -2.22. The quantitative estimate of drug-likeness (QED) is 0.211. The molecule has 5 aromatic rings. The zero-order chi connectivity index (χ0) is 30.6. The summed E-state index contributed by atoms with van der Waals surface area (Å²) in [7, 11) is 0. The van der Waals surface area contributed by atoms with Crippen molar-refractivity contribution in [3.63, 3.8) is 0 Å². The third kappa shape index (κ3) is 5.29. The number of Topliss-reactive ketones (excluding diaryl/α,β-unsaturated/α-hetero) is 1. The largest absolute Gasteiger partial charge is 0.478 e. The van der Waals surface area contributed by atoms with Gasteiger partial charge in [0.2, 0.25) is 0 Å². The Balaban J connectivity index is 1.43. The maximum atomic E-state index is 13.8. The summed E-state index contributed by atoms with van der Waals surface area (Å²) in [6.45, 7) is 3.15. The lowest BCUT2D eigenvalue weighted by atomic mass is 9.98. The topological polar surface area (TPSA) is 115 Å². The van der Waals surface area contributed by atoms with Crippen molar-refractivity contribution in [2.24, 2.45) is 4.99 Å². The standard InChI is InChI=1S/C31H19Cl3N2O6S/c1-14-27(15(2)37)28(25-10-9-24(42-25)17-4-7-21(33)22(34)12-17)36-29(38)26(43-31(36)35-14)13-18-5-8-23(41-18)16-3-6-20(32)19(11-16)30(39)40/h3-13,28H,1-2H3,(H,39,40)/b26-13+/t28-/m1/s1. The van der Waals surface area contributed by atoms with Crippen molar-refractivity contribution >= 4 is 64.0 Å². The molecule has 43 heavy (non-hydrogen) atoms. The molecule has 1 atom stereocenters.